The number of β-amino-alcohol motifs (C(OH)–C–C–N with tert-alkyl or cyclic N) is 1. The van der Waals surface area contributed by atoms with Gasteiger partial charge in [-0.15, -0.1) is 0 Å². The van der Waals surface area contributed by atoms with Crippen LogP contribution in [0.25, 0.3) is 0 Å². The number of aliphatic hydroxyl groups is 1. The minimum Gasteiger partial charge on any atom is -0.392 e. The van der Waals surface area contributed by atoms with Crippen molar-refractivity contribution in [3.8, 4) is 6.07 Å². The minimum atomic E-state index is -0.517. The van der Waals surface area contributed by atoms with Gasteiger partial charge in [0.1, 0.15) is 5.82 Å². The molecule has 2 aromatic carbocycles. The van der Waals surface area contributed by atoms with E-state index in [1.165, 1.54) is 23.8 Å². The summed E-state index contributed by atoms with van der Waals surface area (Å²) in [4.78, 5) is 17.6. The van der Waals surface area contributed by atoms with Gasteiger partial charge in [0.2, 0.25) is 0 Å². The van der Waals surface area contributed by atoms with E-state index in [1.54, 1.807) is 0 Å². The molecule has 0 aromatic heterocycles. The number of carbonyl (C=O) groups excluding carboxylic acids is 1. The van der Waals surface area contributed by atoms with Crippen LogP contribution in [0.2, 0.25) is 5.02 Å². The number of nitrogens with one attached hydrogen (secondary N) is 1. The zero-order valence-electron chi connectivity index (χ0n) is 20.3. The number of hydrogen-bond donors (Lipinski definition) is 2. The first-order valence-electron chi connectivity index (χ1n) is 12.8. The molecule has 0 radical (unpaired) electrons. The third kappa shape index (κ3) is 5.22. The molecule has 2 saturated carbocycles. The topological polar surface area (TPSA) is 79.6 Å². The minimum absolute atomic E-state index is 0.0213. The van der Waals surface area contributed by atoms with E-state index in [-0.39, 0.29) is 28.6 Å². The van der Waals surface area contributed by atoms with Crippen LogP contribution < -0.4 is 5.32 Å². The number of nitriles is 1. The number of nitrogens with zero attached hydrogens (tertiary/aromatic N) is 3. The van der Waals surface area contributed by atoms with Gasteiger partial charge in [-0.2, -0.15) is 5.26 Å². The van der Waals surface area contributed by atoms with Crippen LogP contribution in [0, 0.1) is 23.1 Å². The number of benzene rings is 2. The maximum Gasteiger partial charge on any atom is 0.322 e. The molecule has 5 rings (SSSR count). The summed E-state index contributed by atoms with van der Waals surface area (Å²) in [5.74, 6) is -0.0216. The summed E-state index contributed by atoms with van der Waals surface area (Å²) in [6, 6.07) is 14.4. The number of aliphatic hydroxyl groups excluding tert-OH is 1. The largest absolute Gasteiger partial charge is 0.392 e. The Hall–Kier alpha value is -2.66. The molecule has 0 spiro atoms. The number of carbonyl (C=O) groups is 1. The number of urea groups is 1. The Morgan fingerprint density at radius 1 is 1.31 bits per heavy atom. The van der Waals surface area contributed by atoms with Gasteiger partial charge in [0.15, 0.2) is 0 Å². The second-order valence-electron chi connectivity index (χ2n) is 10.5. The summed E-state index contributed by atoms with van der Waals surface area (Å²) in [6.07, 6.45) is 5.27. The molecule has 2 amide bonds. The van der Waals surface area contributed by atoms with Crippen LogP contribution in [0.5, 0.6) is 0 Å². The lowest BCUT2D eigenvalue weighted by Crippen LogP contribution is -2.46. The summed E-state index contributed by atoms with van der Waals surface area (Å²) in [5.41, 5.74) is 2.54. The predicted octanol–water partition coefficient (Wildman–Crippen LogP) is 5.15. The Balaban J connectivity index is 1.27. The molecular weight excluding hydrogens is 479 g/mol. The van der Waals surface area contributed by atoms with Crippen molar-refractivity contribution in [2.45, 2.75) is 56.1 Å². The van der Waals surface area contributed by atoms with Crippen molar-refractivity contribution < 1.29 is 14.3 Å². The first-order chi connectivity index (χ1) is 17.4. The summed E-state index contributed by atoms with van der Waals surface area (Å²) in [6.45, 7) is 3.03. The molecular formula is C28H32ClFN4O2. The van der Waals surface area contributed by atoms with Crippen molar-refractivity contribution in [1.82, 2.24) is 9.80 Å². The molecule has 4 unspecified atom stereocenters. The highest BCUT2D eigenvalue weighted by Gasteiger charge is 2.58. The summed E-state index contributed by atoms with van der Waals surface area (Å²) in [7, 11) is 0. The highest BCUT2D eigenvalue weighted by Crippen LogP contribution is 2.62. The average molecular weight is 511 g/mol. The first kappa shape index (κ1) is 25.0. The molecule has 2 aromatic rings. The fourth-order valence-corrected chi connectivity index (χ4v) is 6.43. The second-order valence-corrected chi connectivity index (χ2v) is 10.9. The molecule has 1 aliphatic heterocycles. The monoisotopic (exact) mass is 510 g/mol. The molecule has 2 N–H and O–H groups in total. The normalized spacial score (nSPS) is 27.2. The smallest absolute Gasteiger partial charge is 0.322 e. The van der Waals surface area contributed by atoms with Gasteiger partial charge in [0.25, 0.3) is 0 Å². The van der Waals surface area contributed by atoms with E-state index in [0.29, 0.717) is 30.3 Å². The molecule has 1 heterocycles. The van der Waals surface area contributed by atoms with Crippen LogP contribution in [0.15, 0.2) is 42.5 Å². The molecule has 2 aliphatic carbocycles. The summed E-state index contributed by atoms with van der Waals surface area (Å²) >= 11 is 5.93. The third-order valence-electron chi connectivity index (χ3n) is 8.27. The second kappa shape index (κ2) is 10.4. The van der Waals surface area contributed by atoms with Crippen molar-refractivity contribution in [1.29, 1.82) is 5.26 Å². The van der Waals surface area contributed by atoms with Crippen LogP contribution in [0.1, 0.15) is 49.7 Å². The van der Waals surface area contributed by atoms with Crippen LogP contribution >= 0.6 is 11.6 Å². The Labute approximate surface area is 216 Å². The molecule has 190 valence electrons. The molecule has 4 atom stereocenters. The van der Waals surface area contributed by atoms with E-state index in [0.717, 1.165) is 51.6 Å². The zero-order chi connectivity index (χ0) is 25.3. The Bertz CT molecular complexity index is 1170. The fourth-order valence-electron chi connectivity index (χ4n) is 6.24. The van der Waals surface area contributed by atoms with Crippen molar-refractivity contribution in [2.24, 2.45) is 5.92 Å². The maximum atomic E-state index is 13.6. The van der Waals surface area contributed by atoms with E-state index in [9.17, 15) is 19.6 Å². The van der Waals surface area contributed by atoms with Crippen molar-refractivity contribution in [2.75, 3.05) is 31.5 Å². The van der Waals surface area contributed by atoms with E-state index < -0.39 is 5.82 Å². The van der Waals surface area contributed by atoms with Gasteiger partial charge in [-0.3, -0.25) is 0 Å². The first-order valence-corrected chi connectivity index (χ1v) is 13.2. The predicted molar refractivity (Wildman–Crippen MR) is 137 cm³/mol. The standard InChI is InChI=1S/C28H32ClFN4O2/c29-25-15-22(5-6-26(25)30)32-27(36)34(11-2-10-33-12-8-24(35)18-33)23-7-9-28(16-21(28)14-23)20-4-1-3-19(13-20)17-31/h1,3-6,13,15,21,23-24,35H,2,7-12,14,16,18H2,(H,32,36). The van der Waals surface area contributed by atoms with Crippen molar-refractivity contribution >= 4 is 23.3 Å². The Kier molecular flexibility index (Phi) is 7.21. The van der Waals surface area contributed by atoms with Gasteiger partial charge in [0.05, 0.1) is 22.8 Å². The molecule has 0 bridgehead atoms. The van der Waals surface area contributed by atoms with Crippen LogP contribution in [-0.4, -0.2) is 59.3 Å². The quantitative estimate of drug-likeness (QED) is 0.539. The molecule has 1 saturated heterocycles. The number of rotatable bonds is 7. The summed E-state index contributed by atoms with van der Waals surface area (Å²) in [5, 5.41) is 22.0. The molecule has 3 aliphatic rings. The number of halogens is 2. The average Bonchev–Trinajstić information content (AvgIpc) is 3.48. The lowest BCUT2D eigenvalue weighted by atomic mass is 9.80. The fraction of sp³-hybridized carbons (Fsp3) is 0.500. The molecule has 36 heavy (non-hydrogen) atoms. The highest BCUT2D eigenvalue weighted by atomic mass is 35.5. The SMILES string of the molecule is N#Cc1cccc(C23CCC(N(CCCN4CCC(O)C4)C(=O)Nc4ccc(F)c(Cl)c4)CC2C3)c1. The number of fused-ring (bicyclic) bond motifs is 1. The molecule has 8 heteroatoms. The van der Waals surface area contributed by atoms with Gasteiger partial charge in [0, 0.05) is 31.4 Å². The Morgan fingerprint density at radius 2 is 2.17 bits per heavy atom. The molecule has 3 fully saturated rings. The van der Waals surface area contributed by atoms with Gasteiger partial charge in [-0.25, -0.2) is 9.18 Å². The van der Waals surface area contributed by atoms with Crippen LogP contribution in [0.4, 0.5) is 14.9 Å². The molecule has 6 nitrogen and oxygen atoms in total. The zero-order valence-corrected chi connectivity index (χ0v) is 21.1. The number of anilines is 1. The lowest BCUT2D eigenvalue weighted by Gasteiger charge is -2.37. The number of amides is 2. The van der Waals surface area contributed by atoms with E-state index in [2.05, 4.69) is 22.4 Å². The van der Waals surface area contributed by atoms with E-state index in [4.69, 9.17) is 11.6 Å². The van der Waals surface area contributed by atoms with Gasteiger partial charge in [-0.1, -0.05) is 23.7 Å². The van der Waals surface area contributed by atoms with E-state index in [1.807, 2.05) is 23.1 Å². The lowest BCUT2D eigenvalue weighted by molar-refractivity contribution is 0.151. The van der Waals surface area contributed by atoms with Gasteiger partial charge in [-0.05, 0) is 92.3 Å². The van der Waals surface area contributed by atoms with E-state index >= 15 is 0 Å². The maximum absolute atomic E-state index is 13.6. The van der Waals surface area contributed by atoms with Crippen LogP contribution in [-0.2, 0) is 5.41 Å². The third-order valence-corrected chi connectivity index (χ3v) is 8.56. The van der Waals surface area contributed by atoms with Crippen LogP contribution in [0.3, 0.4) is 0 Å². The number of likely N-dealkylation sites (tertiary alicyclic amines) is 1. The van der Waals surface area contributed by atoms with Gasteiger partial charge < -0.3 is 20.2 Å². The highest BCUT2D eigenvalue weighted by molar-refractivity contribution is 6.31. The van der Waals surface area contributed by atoms with Crippen molar-refractivity contribution in [3.05, 3.63) is 64.4 Å². The Morgan fingerprint density at radius 3 is 2.89 bits per heavy atom. The van der Waals surface area contributed by atoms with Crippen molar-refractivity contribution in [3.63, 3.8) is 0 Å². The van der Waals surface area contributed by atoms with Gasteiger partial charge >= 0.3 is 6.03 Å². The summed E-state index contributed by atoms with van der Waals surface area (Å²) < 4.78 is 13.6. The number of hydrogen-bond acceptors (Lipinski definition) is 4.